The van der Waals surface area contributed by atoms with Crippen LogP contribution in [0.15, 0.2) is 6.20 Å². The fourth-order valence-electron chi connectivity index (χ4n) is 4.18. The minimum Gasteiger partial charge on any atom is -0.480 e. The van der Waals surface area contributed by atoms with Gasteiger partial charge >= 0.3 is 18.1 Å². The van der Waals surface area contributed by atoms with Gasteiger partial charge in [-0.1, -0.05) is 5.21 Å². The number of nitrogens with zero attached hydrogens (tertiary/aromatic N) is 4. The molecule has 3 aliphatic rings. The van der Waals surface area contributed by atoms with Gasteiger partial charge in [0, 0.05) is 25.2 Å². The second-order valence-electron chi connectivity index (χ2n) is 7.57. The van der Waals surface area contributed by atoms with E-state index in [-0.39, 0.29) is 6.04 Å². The van der Waals surface area contributed by atoms with Gasteiger partial charge in [0.05, 0.1) is 17.9 Å². The van der Waals surface area contributed by atoms with Crippen LogP contribution in [-0.2, 0) is 27.4 Å². The van der Waals surface area contributed by atoms with Crippen LogP contribution in [0.4, 0.5) is 13.2 Å². The Kier molecular flexibility index (Phi) is 6.42. The van der Waals surface area contributed by atoms with Gasteiger partial charge in [-0.2, -0.15) is 13.2 Å². The Morgan fingerprint density at radius 2 is 1.97 bits per heavy atom. The van der Waals surface area contributed by atoms with Crippen molar-refractivity contribution < 1.29 is 37.7 Å². The van der Waals surface area contributed by atoms with Gasteiger partial charge < -0.3 is 14.9 Å². The fraction of sp³-hybridized carbons (Fsp3) is 0.765. The van der Waals surface area contributed by atoms with Crippen LogP contribution in [0.1, 0.15) is 37.8 Å². The minimum atomic E-state index is -5.08. The number of carboxylic acids is 2. The van der Waals surface area contributed by atoms with Gasteiger partial charge in [0.1, 0.15) is 6.04 Å². The van der Waals surface area contributed by atoms with E-state index in [1.165, 1.54) is 12.8 Å². The van der Waals surface area contributed by atoms with Crippen molar-refractivity contribution in [3.05, 3.63) is 11.9 Å². The first-order chi connectivity index (χ1) is 13.6. The molecule has 0 amide bonds. The molecule has 0 aromatic carbocycles. The topological polar surface area (TPSA) is 118 Å². The molecule has 29 heavy (non-hydrogen) atoms. The van der Waals surface area contributed by atoms with Crippen molar-refractivity contribution in [2.24, 2.45) is 5.92 Å². The summed E-state index contributed by atoms with van der Waals surface area (Å²) in [5.41, 5.74) is 0.859. The number of ether oxygens (including phenoxy) is 1. The zero-order valence-electron chi connectivity index (χ0n) is 15.6. The molecule has 1 aromatic rings. The smallest absolute Gasteiger partial charge is 0.480 e. The number of hydrogen-bond acceptors (Lipinski definition) is 6. The fourth-order valence-corrected chi connectivity index (χ4v) is 4.18. The molecule has 4 unspecified atom stereocenters. The quantitative estimate of drug-likeness (QED) is 0.736. The van der Waals surface area contributed by atoms with Crippen LogP contribution >= 0.6 is 0 Å². The van der Waals surface area contributed by atoms with Gasteiger partial charge in [0.25, 0.3) is 0 Å². The van der Waals surface area contributed by atoms with Gasteiger partial charge in [-0.25, -0.2) is 4.79 Å². The lowest BCUT2D eigenvalue weighted by molar-refractivity contribution is -0.192. The monoisotopic (exact) mass is 420 g/mol. The summed E-state index contributed by atoms with van der Waals surface area (Å²) in [6.45, 7) is 2.25. The SMILES string of the molecule is O=C(O)C(F)(F)F.O=C(O)C1CCCN1Cc1cn(CC2CC3CCC2O3)nn1. The number of alkyl halides is 3. The summed E-state index contributed by atoms with van der Waals surface area (Å²) in [7, 11) is 0. The Labute approximate surface area is 164 Å². The van der Waals surface area contributed by atoms with Crippen LogP contribution in [0.2, 0.25) is 0 Å². The molecule has 3 fully saturated rings. The maximum absolute atomic E-state index is 11.2. The zero-order valence-corrected chi connectivity index (χ0v) is 15.6. The molecule has 3 aliphatic heterocycles. The summed E-state index contributed by atoms with van der Waals surface area (Å²) >= 11 is 0. The highest BCUT2D eigenvalue weighted by Crippen LogP contribution is 2.39. The van der Waals surface area contributed by atoms with Crippen LogP contribution in [-0.4, -0.2) is 73.0 Å². The number of aliphatic carboxylic acids is 2. The predicted octanol–water partition coefficient (Wildman–Crippen LogP) is 1.53. The molecular formula is C17H23F3N4O5. The Hall–Kier alpha value is -2.21. The lowest BCUT2D eigenvalue weighted by Crippen LogP contribution is -2.35. The van der Waals surface area contributed by atoms with Crippen molar-refractivity contribution in [3.8, 4) is 0 Å². The third-order valence-electron chi connectivity index (χ3n) is 5.50. The molecule has 0 aliphatic carbocycles. The summed E-state index contributed by atoms with van der Waals surface area (Å²) in [4.78, 5) is 22.1. The van der Waals surface area contributed by atoms with Crippen LogP contribution < -0.4 is 0 Å². The van der Waals surface area contributed by atoms with E-state index in [9.17, 15) is 23.1 Å². The van der Waals surface area contributed by atoms with E-state index < -0.39 is 18.1 Å². The highest BCUT2D eigenvalue weighted by Gasteiger charge is 2.41. The first kappa shape index (κ1) is 21.5. The van der Waals surface area contributed by atoms with Crippen LogP contribution in [0.5, 0.6) is 0 Å². The average molecular weight is 420 g/mol. The van der Waals surface area contributed by atoms with E-state index in [2.05, 4.69) is 10.3 Å². The van der Waals surface area contributed by atoms with E-state index in [1.807, 2.05) is 15.8 Å². The van der Waals surface area contributed by atoms with Crippen molar-refractivity contribution in [2.75, 3.05) is 6.54 Å². The first-order valence-electron chi connectivity index (χ1n) is 9.45. The molecule has 4 rings (SSSR count). The lowest BCUT2D eigenvalue weighted by atomic mass is 9.89. The van der Waals surface area contributed by atoms with Crippen LogP contribution in [0.3, 0.4) is 0 Å². The Balaban J connectivity index is 0.000000298. The van der Waals surface area contributed by atoms with Gasteiger partial charge in [-0.15, -0.1) is 5.10 Å². The van der Waals surface area contributed by atoms with Crippen molar-refractivity contribution >= 4 is 11.9 Å². The number of halogens is 3. The van der Waals surface area contributed by atoms with E-state index in [4.69, 9.17) is 14.6 Å². The number of likely N-dealkylation sites (tertiary alicyclic amines) is 1. The second-order valence-corrected chi connectivity index (χ2v) is 7.57. The molecule has 2 N–H and O–H groups in total. The molecular weight excluding hydrogens is 397 g/mol. The maximum atomic E-state index is 11.2. The average Bonchev–Trinajstić information content (AvgIpc) is 3.39. The van der Waals surface area contributed by atoms with E-state index in [1.54, 1.807) is 0 Å². The normalized spacial score (nSPS) is 28.9. The molecule has 0 saturated carbocycles. The number of rotatable bonds is 5. The Morgan fingerprint density at radius 1 is 1.24 bits per heavy atom. The predicted molar refractivity (Wildman–Crippen MR) is 90.8 cm³/mol. The van der Waals surface area contributed by atoms with Crippen molar-refractivity contribution in [1.29, 1.82) is 0 Å². The third kappa shape index (κ3) is 5.44. The number of aromatic nitrogens is 3. The van der Waals surface area contributed by atoms with E-state index in [0.717, 1.165) is 38.0 Å². The van der Waals surface area contributed by atoms with E-state index >= 15 is 0 Å². The molecule has 0 spiro atoms. The number of fused-ring (bicyclic) bond motifs is 2. The number of hydrogen-bond donors (Lipinski definition) is 2. The number of carboxylic acid groups (broad SMARTS) is 2. The highest BCUT2D eigenvalue weighted by atomic mass is 19.4. The lowest BCUT2D eigenvalue weighted by Gasteiger charge is -2.19. The standard InChI is InChI=1S/C15H22N4O3.C2HF3O2/c20-15(21)13-2-1-5-18(13)8-11-9-19(17-16-11)7-10-6-12-3-4-14(10)22-12;3-2(4,5)1(6)7/h9-10,12-14H,1-8H2,(H,20,21);(H,6,7). The van der Waals surface area contributed by atoms with Gasteiger partial charge in [-0.05, 0) is 38.6 Å². The molecule has 162 valence electrons. The Bertz CT molecular complexity index is 741. The summed E-state index contributed by atoms with van der Waals surface area (Å²) in [5, 5.41) is 24.8. The maximum Gasteiger partial charge on any atom is 0.490 e. The van der Waals surface area contributed by atoms with Crippen LogP contribution in [0, 0.1) is 5.92 Å². The van der Waals surface area contributed by atoms with Crippen molar-refractivity contribution in [3.63, 3.8) is 0 Å². The van der Waals surface area contributed by atoms with E-state index in [0.29, 0.717) is 24.7 Å². The summed E-state index contributed by atoms with van der Waals surface area (Å²) < 4.78 is 39.5. The first-order valence-corrected chi connectivity index (χ1v) is 9.45. The molecule has 4 heterocycles. The van der Waals surface area contributed by atoms with Crippen molar-refractivity contribution in [2.45, 2.75) is 69.6 Å². The zero-order chi connectivity index (χ0) is 21.2. The molecule has 4 atom stereocenters. The summed E-state index contributed by atoms with van der Waals surface area (Å²) in [5.74, 6) is -2.94. The van der Waals surface area contributed by atoms with Crippen molar-refractivity contribution in [1.82, 2.24) is 19.9 Å². The molecule has 3 saturated heterocycles. The summed E-state index contributed by atoms with van der Waals surface area (Å²) in [6, 6.07) is -0.371. The minimum absolute atomic E-state index is 0.371. The van der Waals surface area contributed by atoms with Crippen LogP contribution in [0.25, 0.3) is 0 Å². The van der Waals surface area contributed by atoms with Gasteiger partial charge in [0.2, 0.25) is 0 Å². The second kappa shape index (κ2) is 8.66. The summed E-state index contributed by atoms with van der Waals surface area (Å²) in [6.07, 6.45) is 2.90. The molecule has 9 nitrogen and oxygen atoms in total. The highest BCUT2D eigenvalue weighted by molar-refractivity contribution is 5.73. The molecule has 1 aromatic heterocycles. The third-order valence-corrected chi connectivity index (χ3v) is 5.50. The van der Waals surface area contributed by atoms with Gasteiger partial charge in [-0.3, -0.25) is 14.4 Å². The molecule has 0 radical (unpaired) electrons. The number of carbonyl (C=O) groups is 2. The largest absolute Gasteiger partial charge is 0.490 e. The Morgan fingerprint density at radius 3 is 2.52 bits per heavy atom. The molecule has 12 heteroatoms. The molecule has 2 bridgehead atoms. The van der Waals surface area contributed by atoms with Gasteiger partial charge in [0.15, 0.2) is 0 Å².